The highest BCUT2D eigenvalue weighted by Crippen LogP contribution is 2.19. The number of hydrogen-bond donors (Lipinski definition) is 2. The predicted octanol–water partition coefficient (Wildman–Crippen LogP) is 1.52. The van der Waals surface area contributed by atoms with Crippen LogP contribution in [0.4, 0.5) is 0 Å². The van der Waals surface area contributed by atoms with Crippen LogP contribution in [0.2, 0.25) is 0 Å². The molecule has 1 fully saturated rings. The number of hydrogen-bond acceptors (Lipinski definition) is 3. The molecule has 0 aromatic rings. The zero-order valence-corrected chi connectivity index (χ0v) is 10.2. The van der Waals surface area contributed by atoms with Crippen molar-refractivity contribution < 1.29 is 4.74 Å². The van der Waals surface area contributed by atoms with Gasteiger partial charge in [-0.15, -0.1) is 0 Å². The van der Waals surface area contributed by atoms with Crippen LogP contribution in [-0.4, -0.2) is 31.8 Å². The summed E-state index contributed by atoms with van der Waals surface area (Å²) < 4.78 is 5.52. The van der Waals surface area contributed by atoms with Gasteiger partial charge in [-0.1, -0.05) is 19.8 Å². The molecule has 0 bridgehead atoms. The van der Waals surface area contributed by atoms with Crippen molar-refractivity contribution in [3.05, 3.63) is 0 Å². The van der Waals surface area contributed by atoms with Gasteiger partial charge in [0.05, 0.1) is 6.10 Å². The van der Waals surface area contributed by atoms with E-state index in [0.717, 1.165) is 26.1 Å². The number of nitrogens with one attached hydrogen (secondary N) is 1. The minimum atomic E-state index is 0.322. The molecule has 0 radical (unpaired) electrons. The summed E-state index contributed by atoms with van der Waals surface area (Å²) in [7, 11) is 0. The fraction of sp³-hybridized carbons (Fsp3) is 1.00. The molecule has 3 heteroatoms. The summed E-state index contributed by atoms with van der Waals surface area (Å²) in [6.45, 7) is 7.30. The third-order valence-electron chi connectivity index (χ3n) is 3.27. The van der Waals surface area contributed by atoms with Crippen molar-refractivity contribution >= 4 is 0 Å². The van der Waals surface area contributed by atoms with Crippen LogP contribution in [0.15, 0.2) is 0 Å². The van der Waals surface area contributed by atoms with E-state index < -0.39 is 0 Å². The maximum absolute atomic E-state index is 5.99. The zero-order chi connectivity index (χ0) is 11.1. The van der Waals surface area contributed by atoms with Gasteiger partial charge in [-0.25, -0.2) is 0 Å². The highest BCUT2D eigenvalue weighted by atomic mass is 16.5. The molecule has 0 saturated carbocycles. The van der Waals surface area contributed by atoms with Gasteiger partial charge in [0.1, 0.15) is 0 Å². The molecule has 90 valence electrons. The van der Waals surface area contributed by atoms with E-state index >= 15 is 0 Å². The van der Waals surface area contributed by atoms with Crippen molar-refractivity contribution in [3.8, 4) is 0 Å². The average Bonchev–Trinajstić information content (AvgIpc) is 2.61. The van der Waals surface area contributed by atoms with E-state index in [1.807, 2.05) is 0 Å². The third kappa shape index (κ3) is 4.96. The lowest BCUT2D eigenvalue weighted by molar-refractivity contribution is 0.105. The Kier molecular flexibility index (Phi) is 6.22. The maximum atomic E-state index is 5.99. The van der Waals surface area contributed by atoms with E-state index in [1.165, 1.54) is 19.3 Å². The topological polar surface area (TPSA) is 47.3 Å². The molecule has 0 aromatic carbocycles. The van der Waals surface area contributed by atoms with Gasteiger partial charge in [0.2, 0.25) is 0 Å². The molecule has 0 aromatic heterocycles. The second-order valence-electron chi connectivity index (χ2n) is 4.69. The third-order valence-corrected chi connectivity index (χ3v) is 3.27. The van der Waals surface area contributed by atoms with Gasteiger partial charge in [0.25, 0.3) is 0 Å². The van der Waals surface area contributed by atoms with E-state index in [4.69, 9.17) is 10.5 Å². The second-order valence-corrected chi connectivity index (χ2v) is 4.69. The first-order valence-corrected chi connectivity index (χ1v) is 6.32. The fourth-order valence-electron chi connectivity index (χ4n) is 2.07. The normalized spacial score (nSPS) is 28.2. The van der Waals surface area contributed by atoms with Gasteiger partial charge >= 0.3 is 0 Å². The Morgan fingerprint density at radius 2 is 2.33 bits per heavy atom. The minimum absolute atomic E-state index is 0.322. The molecule has 0 aliphatic carbocycles. The maximum Gasteiger partial charge on any atom is 0.0588 e. The average molecular weight is 214 g/mol. The van der Waals surface area contributed by atoms with E-state index in [0.29, 0.717) is 18.1 Å². The van der Waals surface area contributed by atoms with Crippen LogP contribution in [-0.2, 0) is 4.74 Å². The van der Waals surface area contributed by atoms with Crippen molar-refractivity contribution in [2.75, 3.05) is 19.7 Å². The lowest BCUT2D eigenvalue weighted by Gasteiger charge is -2.17. The second kappa shape index (κ2) is 7.20. The van der Waals surface area contributed by atoms with Crippen LogP contribution < -0.4 is 11.1 Å². The molecule has 3 N–H and O–H groups in total. The smallest absolute Gasteiger partial charge is 0.0588 e. The Labute approximate surface area is 93.8 Å². The minimum Gasteiger partial charge on any atom is -0.378 e. The Bertz CT molecular complexity index is 164. The van der Waals surface area contributed by atoms with Crippen LogP contribution in [0.1, 0.15) is 39.5 Å². The molecule has 1 rings (SSSR count). The first-order chi connectivity index (χ1) is 7.24. The first kappa shape index (κ1) is 12.9. The summed E-state index contributed by atoms with van der Waals surface area (Å²) in [5.74, 6) is 0.684. The van der Waals surface area contributed by atoms with Gasteiger partial charge in [-0.3, -0.25) is 0 Å². The van der Waals surface area contributed by atoms with Crippen LogP contribution >= 0.6 is 0 Å². The fourth-order valence-corrected chi connectivity index (χ4v) is 2.07. The summed E-state index contributed by atoms with van der Waals surface area (Å²) in [5.41, 5.74) is 5.99. The van der Waals surface area contributed by atoms with Crippen LogP contribution in [0.25, 0.3) is 0 Å². The largest absolute Gasteiger partial charge is 0.378 e. The SMILES string of the molecule is CCCCC(N)CNCC1CCOC1C. The Balaban J connectivity index is 2.00. The summed E-state index contributed by atoms with van der Waals surface area (Å²) >= 11 is 0. The molecule has 3 atom stereocenters. The van der Waals surface area contributed by atoms with Crippen molar-refractivity contribution in [1.29, 1.82) is 0 Å². The van der Waals surface area contributed by atoms with E-state index in [-0.39, 0.29) is 0 Å². The van der Waals surface area contributed by atoms with E-state index in [2.05, 4.69) is 19.2 Å². The van der Waals surface area contributed by atoms with Gasteiger partial charge in [-0.2, -0.15) is 0 Å². The molecule has 3 nitrogen and oxygen atoms in total. The summed E-state index contributed by atoms with van der Waals surface area (Å²) in [6.07, 6.45) is 5.23. The van der Waals surface area contributed by atoms with Crippen LogP contribution in [0.3, 0.4) is 0 Å². The molecule has 3 unspecified atom stereocenters. The van der Waals surface area contributed by atoms with E-state index in [1.54, 1.807) is 0 Å². The molecular weight excluding hydrogens is 188 g/mol. The highest BCUT2D eigenvalue weighted by Gasteiger charge is 2.23. The van der Waals surface area contributed by atoms with Crippen molar-refractivity contribution in [2.45, 2.75) is 51.7 Å². The lowest BCUT2D eigenvalue weighted by Crippen LogP contribution is -2.37. The van der Waals surface area contributed by atoms with E-state index in [9.17, 15) is 0 Å². The standard InChI is InChI=1S/C12H26N2O/c1-3-4-5-12(13)9-14-8-11-6-7-15-10(11)2/h10-12,14H,3-9,13H2,1-2H3. The number of rotatable bonds is 7. The first-order valence-electron chi connectivity index (χ1n) is 6.32. The van der Waals surface area contributed by atoms with Gasteiger partial charge < -0.3 is 15.8 Å². The Morgan fingerprint density at radius 3 is 2.93 bits per heavy atom. The zero-order valence-electron chi connectivity index (χ0n) is 10.2. The van der Waals surface area contributed by atoms with Crippen molar-refractivity contribution in [3.63, 3.8) is 0 Å². The Morgan fingerprint density at radius 1 is 1.53 bits per heavy atom. The van der Waals surface area contributed by atoms with Gasteiger partial charge in [0, 0.05) is 25.7 Å². The van der Waals surface area contributed by atoms with Crippen LogP contribution in [0.5, 0.6) is 0 Å². The summed E-state index contributed by atoms with van der Waals surface area (Å²) in [5, 5.41) is 3.46. The summed E-state index contributed by atoms with van der Waals surface area (Å²) in [4.78, 5) is 0. The number of unbranched alkanes of at least 4 members (excludes halogenated alkanes) is 1. The number of nitrogens with two attached hydrogens (primary N) is 1. The Hall–Kier alpha value is -0.120. The lowest BCUT2D eigenvalue weighted by atomic mass is 10.0. The molecule has 1 heterocycles. The predicted molar refractivity (Wildman–Crippen MR) is 63.9 cm³/mol. The van der Waals surface area contributed by atoms with Crippen molar-refractivity contribution in [1.82, 2.24) is 5.32 Å². The summed E-state index contributed by atoms with van der Waals surface area (Å²) in [6, 6.07) is 0.322. The molecule has 1 saturated heterocycles. The van der Waals surface area contributed by atoms with Gasteiger partial charge in [0.15, 0.2) is 0 Å². The molecule has 1 aliphatic rings. The molecular formula is C12H26N2O. The molecule has 0 spiro atoms. The molecule has 15 heavy (non-hydrogen) atoms. The van der Waals surface area contributed by atoms with Crippen molar-refractivity contribution in [2.24, 2.45) is 11.7 Å². The van der Waals surface area contributed by atoms with Crippen LogP contribution in [0, 0.1) is 5.92 Å². The van der Waals surface area contributed by atoms with Gasteiger partial charge in [-0.05, 0) is 25.7 Å². The quantitative estimate of drug-likeness (QED) is 0.675. The molecule has 0 amide bonds. The monoisotopic (exact) mass is 214 g/mol. The highest BCUT2D eigenvalue weighted by molar-refractivity contribution is 4.75. The number of ether oxygens (including phenoxy) is 1. The molecule has 1 aliphatic heterocycles.